The molecule has 2 N–H and O–H groups in total. The Morgan fingerprint density at radius 1 is 0.875 bits per heavy atom. The topological polar surface area (TPSA) is 24.1 Å². The molecule has 16 heavy (non-hydrogen) atoms. The summed E-state index contributed by atoms with van der Waals surface area (Å²) in [4.78, 5) is 0. The van der Waals surface area contributed by atoms with Crippen LogP contribution in [0.15, 0.2) is 0 Å². The Labute approximate surface area is 101 Å². The summed E-state index contributed by atoms with van der Waals surface area (Å²) in [7, 11) is 0. The molecule has 94 valence electrons. The quantitative estimate of drug-likeness (QED) is 0.701. The molecule has 1 saturated heterocycles. The molecule has 0 bridgehead atoms. The summed E-state index contributed by atoms with van der Waals surface area (Å²) in [5.74, 6) is 1.97. The fourth-order valence-corrected chi connectivity index (χ4v) is 3.17. The van der Waals surface area contributed by atoms with Gasteiger partial charge in [0.1, 0.15) is 0 Å². The minimum Gasteiger partial charge on any atom is -0.317 e. The average molecular weight is 224 g/mol. The van der Waals surface area contributed by atoms with E-state index in [9.17, 15) is 0 Å². The average Bonchev–Trinajstić information content (AvgIpc) is 2.37. The van der Waals surface area contributed by atoms with Crippen molar-refractivity contribution in [3.05, 3.63) is 0 Å². The van der Waals surface area contributed by atoms with Crippen molar-refractivity contribution in [3.8, 4) is 0 Å². The highest BCUT2D eigenvalue weighted by Gasteiger charge is 2.14. The van der Waals surface area contributed by atoms with Crippen LogP contribution in [0.25, 0.3) is 0 Å². The maximum Gasteiger partial charge on any atom is -0.00196 e. The van der Waals surface area contributed by atoms with Gasteiger partial charge in [0.2, 0.25) is 0 Å². The van der Waals surface area contributed by atoms with Crippen LogP contribution in [0, 0.1) is 11.8 Å². The lowest BCUT2D eigenvalue weighted by molar-refractivity contribution is 0.318. The zero-order chi connectivity index (χ0) is 11.1. The molecule has 2 aliphatic rings. The molecule has 0 aromatic heterocycles. The van der Waals surface area contributed by atoms with Crippen molar-refractivity contribution in [2.75, 3.05) is 26.2 Å². The van der Waals surface area contributed by atoms with Gasteiger partial charge in [-0.25, -0.2) is 0 Å². The molecule has 0 aromatic carbocycles. The third-order valence-corrected chi connectivity index (χ3v) is 4.35. The first-order valence-electron chi connectivity index (χ1n) is 7.36. The maximum atomic E-state index is 3.67. The lowest BCUT2D eigenvalue weighted by Crippen LogP contribution is -2.34. The minimum absolute atomic E-state index is 0.938. The van der Waals surface area contributed by atoms with E-state index >= 15 is 0 Å². The minimum atomic E-state index is 0.938. The van der Waals surface area contributed by atoms with Crippen molar-refractivity contribution in [2.24, 2.45) is 11.8 Å². The lowest BCUT2D eigenvalue weighted by Gasteiger charge is -2.24. The van der Waals surface area contributed by atoms with Crippen LogP contribution in [0.3, 0.4) is 0 Å². The molecule has 2 nitrogen and oxygen atoms in total. The molecule has 2 fully saturated rings. The largest absolute Gasteiger partial charge is 0.317 e. The molecular weight excluding hydrogens is 196 g/mol. The second-order valence-corrected chi connectivity index (χ2v) is 5.69. The van der Waals surface area contributed by atoms with Crippen LogP contribution in [0.4, 0.5) is 0 Å². The molecule has 0 spiro atoms. The van der Waals surface area contributed by atoms with Gasteiger partial charge in [-0.3, -0.25) is 0 Å². The molecule has 1 aliphatic heterocycles. The van der Waals surface area contributed by atoms with E-state index in [1.165, 1.54) is 77.5 Å². The van der Waals surface area contributed by atoms with Gasteiger partial charge < -0.3 is 10.6 Å². The van der Waals surface area contributed by atoms with Crippen LogP contribution in [-0.4, -0.2) is 26.2 Å². The van der Waals surface area contributed by atoms with Crippen LogP contribution in [0.5, 0.6) is 0 Å². The Balaban J connectivity index is 1.47. The Kier molecular flexibility index (Phi) is 5.64. The molecule has 0 aromatic rings. The smallest absolute Gasteiger partial charge is 0.00196 e. The molecule has 0 radical (unpaired) electrons. The molecule has 2 rings (SSSR count). The van der Waals surface area contributed by atoms with Crippen LogP contribution in [-0.2, 0) is 0 Å². The number of piperidine rings is 1. The van der Waals surface area contributed by atoms with Gasteiger partial charge in [0, 0.05) is 0 Å². The van der Waals surface area contributed by atoms with Gasteiger partial charge in [-0.05, 0) is 57.3 Å². The second kappa shape index (κ2) is 7.29. The third-order valence-electron chi connectivity index (χ3n) is 4.35. The van der Waals surface area contributed by atoms with E-state index in [0.717, 1.165) is 11.8 Å². The van der Waals surface area contributed by atoms with E-state index in [1.54, 1.807) is 0 Å². The first-order chi connectivity index (χ1) is 7.95. The zero-order valence-electron chi connectivity index (χ0n) is 10.6. The van der Waals surface area contributed by atoms with Gasteiger partial charge in [0.15, 0.2) is 0 Å². The molecule has 1 aliphatic carbocycles. The summed E-state index contributed by atoms with van der Waals surface area (Å²) in [6.07, 6.45) is 11.6. The van der Waals surface area contributed by atoms with Gasteiger partial charge >= 0.3 is 0 Å². The van der Waals surface area contributed by atoms with Crippen LogP contribution in [0.1, 0.15) is 51.4 Å². The Morgan fingerprint density at radius 2 is 1.62 bits per heavy atom. The number of hydrogen-bond acceptors (Lipinski definition) is 2. The highest BCUT2D eigenvalue weighted by atomic mass is 14.9. The Morgan fingerprint density at radius 3 is 2.38 bits per heavy atom. The van der Waals surface area contributed by atoms with Gasteiger partial charge in [0.05, 0.1) is 0 Å². The van der Waals surface area contributed by atoms with Crippen molar-refractivity contribution in [2.45, 2.75) is 51.4 Å². The summed E-state index contributed by atoms with van der Waals surface area (Å²) in [5.41, 5.74) is 0. The summed E-state index contributed by atoms with van der Waals surface area (Å²) in [6.45, 7) is 4.98. The van der Waals surface area contributed by atoms with Gasteiger partial charge in [0.25, 0.3) is 0 Å². The number of hydrogen-bond donors (Lipinski definition) is 2. The van der Waals surface area contributed by atoms with Crippen molar-refractivity contribution >= 4 is 0 Å². The van der Waals surface area contributed by atoms with Gasteiger partial charge in [-0.2, -0.15) is 0 Å². The zero-order valence-corrected chi connectivity index (χ0v) is 10.6. The summed E-state index contributed by atoms with van der Waals surface area (Å²) in [6, 6.07) is 0. The normalized spacial score (nSPS) is 24.8. The van der Waals surface area contributed by atoms with E-state index in [4.69, 9.17) is 0 Å². The SMILES string of the molecule is C1CCC(CCNCC2CCNCC2)CC1. The van der Waals surface area contributed by atoms with E-state index in [1.807, 2.05) is 0 Å². The monoisotopic (exact) mass is 224 g/mol. The van der Waals surface area contributed by atoms with E-state index in [2.05, 4.69) is 10.6 Å². The van der Waals surface area contributed by atoms with Crippen molar-refractivity contribution in [1.29, 1.82) is 0 Å². The number of nitrogens with one attached hydrogen (secondary N) is 2. The highest BCUT2D eigenvalue weighted by molar-refractivity contribution is 4.71. The molecule has 0 unspecified atom stereocenters. The summed E-state index contributed by atoms with van der Waals surface area (Å²) in [5, 5.41) is 7.10. The fraction of sp³-hybridized carbons (Fsp3) is 1.00. The Hall–Kier alpha value is -0.0800. The predicted octanol–water partition coefficient (Wildman–Crippen LogP) is 2.55. The van der Waals surface area contributed by atoms with Crippen LogP contribution < -0.4 is 10.6 Å². The van der Waals surface area contributed by atoms with E-state index in [0.29, 0.717) is 0 Å². The van der Waals surface area contributed by atoms with Gasteiger partial charge in [-0.1, -0.05) is 32.1 Å². The molecule has 1 heterocycles. The Bertz CT molecular complexity index is 150. The highest BCUT2D eigenvalue weighted by Crippen LogP contribution is 2.25. The maximum absolute atomic E-state index is 3.67. The number of rotatable bonds is 5. The summed E-state index contributed by atoms with van der Waals surface area (Å²) < 4.78 is 0. The molecule has 1 saturated carbocycles. The molecule has 0 amide bonds. The molecular formula is C14H28N2. The van der Waals surface area contributed by atoms with Crippen LogP contribution in [0.2, 0.25) is 0 Å². The van der Waals surface area contributed by atoms with Crippen molar-refractivity contribution in [3.63, 3.8) is 0 Å². The molecule has 2 heteroatoms. The first-order valence-corrected chi connectivity index (χ1v) is 7.36. The van der Waals surface area contributed by atoms with Gasteiger partial charge in [-0.15, -0.1) is 0 Å². The third kappa shape index (κ3) is 4.42. The second-order valence-electron chi connectivity index (χ2n) is 5.69. The first kappa shape index (κ1) is 12.4. The van der Waals surface area contributed by atoms with E-state index in [-0.39, 0.29) is 0 Å². The summed E-state index contributed by atoms with van der Waals surface area (Å²) >= 11 is 0. The lowest BCUT2D eigenvalue weighted by atomic mass is 9.87. The predicted molar refractivity (Wildman–Crippen MR) is 69.7 cm³/mol. The molecule has 0 atom stereocenters. The standard InChI is InChI=1S/C14H28N2/c1-2-4-13(5-3-1)6-11-16-12-14-7-9-15-10-8-14/h13-16H,1-12H2. The van der Waals surface area contributed by atoms with Crippen LogP contribution >= 0.6 is 0 Å². The van der Waals surface area contributed by atoms with Crippen molar-refractivity contribution in [1.82, 2.24) is 10.6 Å². The van der Waals surface area contributed by atoms with E-state index < -0.39 is 0 Å². The van der Waals surface area contributed by atoms with Crippen molar-refractivity contribution < 1.29 is 0 Å². The fourth-order valence-electron chi connectivity index (χ4n) is 3.17.